The lowest BCUT2D eigenvalue weighted by Gasteiger charge is -2.46. The molecule has 1 aromatic carbocycles. The van der Waals surface area contributed by atoms with E-state index in [1.807, 2.05) is 0 Å². The smallest absolute Gasteiger partial charge is 0.328 e. The molecular weight excluding hydrogens is 432 g/mol. The van der Waals surface area contributed by atoms with Crippen molar-refractivity contribution in [3.63, 3.8) is 0 Å². The van der Waals surface area contributed by atoms with E-state index in [1.54, 1.807) is 0 Å². The number of carbonyl (C=O) groups is 3. The van der Waals surface area contributed by atoms with Gasteiger partial charge in [-0.15, -0.1) is 0 Å². The van der Waals surface area contributed by atoms with Gasteiger partial charge in [-0.3, -0.25) is 4.79 Å². The SMILES string of the molecule is O=C(O)C=CC(=O)O.O=C1CCN(c2ccccc2)C12CCN(C1CC3CCCCC3C1)CC2. The molecule has 0 amide bonds. The summed E-state index contributed by atoms with van der Waals surface area (Å²) in [5.74, 6) is -0.0296. The minimum absolute atomic E-state index is 0.219. The first-order valence-corrected chi connectivity index (χ1v) is 12.6. The summed E-state index contributed by atoms with van der Waals surface area (Å²) in [4.78, 5) is 37.2. The van der Waals surface area contributed by atoms with Crippen molar-refractivity contribution in [3.05, 3.63) is 42.5 Å². The summed E-state index contributed by atoms with van der Waals surface area (Å²) in [7, 11) is 0. The van der Waals surface area contributed by atoms with Gasteiger partial charge in [-0.2, -0.15) is 0 Å². The van der Waals surface area contributed by atoms with Gasteiger partial charge in [0, 0.05) is 49.9 Å². The fraction of sp³-hybridized carbons (Fsp3) is 0.593. The third-order valence-corrected chi connectivity index (χ3v) is 8.39. The molecule has 2 saturated carbocycles. The minimum Gasteiger partial charge on any atom is -0.478 e. The maximum absolute atomic E-state index is 12.9. The molecule has 2 aliphatic carbocycles. The van der Waals surface area contributed by atoms with Gasteiger partial charge in [0.15, 0.2) is 5.78 Å². The predicted octanol–water partition coefficient (Wildman–Crippen LogP) is 3.98. The third-order valence-electron chi connectivity index (χ3n) is 8.39. The molecule has 2 unspecified atom stereocenters. The molecule has 0 aromatic heterocycles. The number of para-hydroxylation sites is 1. The van der Waals surface area contributed by atoms with Crippen LogP contribution in [-0.4, -0.2) is 64.0 Å². The van der Waals surface area contributed by atoms with Gasteiger partial charge in [0.1, 0.15) is 5.54 Å². The number of fused-ring (bicyclic) bond motifs is 1. The number of Topliss-reactive ketones (excluding diaryl/α,β-unsaturated/α-hetero) is 1. The van der Waals surface area contributed by atoms with Crippen LogP contribution >= 0.6 is 0 Å². The predicted molar refractivity (Wildman–Crippen MR) is 130 cm³/mol. The zero-order valence-corrected chi connectivity index (χ0v) is 19.8. The van der Waals surface area contributed by atoms with E-state index in [-0.39, 0.29) is 5.54 Å². The van der Waals surface area contributed by atoms with E-state index >= 15 is 0 Å². The molecule has 34 heavy (non-hydrogen) atoms. The van der Waals surface area contributed by atoms with Gasteiger partial charge in [0.05, 0.1) is 0 Å². The van der Waals surface area contributed by atoms with Crippen LogP contribution in [-0.2, 0) is 14.4 Å². The lowest BCUT2D eigenvalue weighted by Crippen LogP contribution is -2.57. The van der Waals surface area contributed by atoms with E-state index in [4.69, 9.17) is 10.2 Å². The number of benzene rings is 1. The average Bonchev–Trinajstić information content (AvgIpc) is 3.41. The first kappa shape index (κ1) is 24.5. The molecule has 1 spiro atoms. The molecule has 0 radical (unpaired) electrons. The summed E-state index contributed by atoms with van der Waals surface area (Å²) < 4.78 is 0. The number of carboxylic acid groups (broad SMARTS) is 2. The van der Waals surface area contributed by atoms with E-state index in [2.05, 4.69) is 40.1 Å². The van der Waals surface area contributed by atoms with E-state index in [1.165, 1.54) is 44.2 Å². The number of hydrogen-bond acceptors (Lipinski definition) is 5. The Kier molecular flexibility index (Phi) is 7.71. The number of likely N-dealkylation sites (tertiary alicyclic amines) is 1. The monoisotopic (exact) mass is 468 g/mol. The quantitative estimate of drug-likeness (QED) is 0.645. The highest BCUT2D eigenvalue weighted by Gasteiger charge is 2.51. The Morgan fingerprint density at radius 1 is 0.882 bits per heavy atom. The van der Waals surface area contributed by atoms with Crippen LogP contribution in [0.3, 0.4) is 0 Å². The molecule has 2 atom stereocenters. The van der Waals surface area contributed by atoms with E-state index < -0.39 is 11.9 Å². The van der Waals surface area contributed by atoms with Gasteiger partial charge >= 0.3 is 11.9 Å². The van der Waals surface area contributed by atoms with Gasteiger partial charge in [0.2, 0.25) is 0 Å². The normalized spacial score (nSPS) is 28.5. The summed E-state index contributed by atoms with van der Waals surface area (Å²) in [6.45, 7) is 3.12. The van der Waals surface area contributed by atoms with Gasteiger partial charge in [-0.05, 0) is 49.7 Å². The Hall–Kier alpha value is -2.67. The topological polar surface area (TPSA) is 98.1 Å². The Morgan fingerprint density at radius 3 is 1.97 bits per heavy atom. The number of rotatable bonds is 4. The second-order valence-electron chi connectivity index (χ2n) is 10.2. The highest BCUT2D eigenvalue weighted by molar-refractivity contribution is 5.95. The Labute approximate surface area is 201 Å². The summed E-state index contributed by atoms with van der Waals surface area (Å²) in [6, 6.07) is 11.4. The van der Waals surface area contributed by atoms with Crippen molar-refractivity contribution < 1.29 is 24.6 Å². The summed E-state index contributed by atoms with van der Waals surface area (Å²) in [5, 5.41) is 15.6. The van der Waals surface area contributed by atoms with Crippen LogP contribution in [0.5, 0.6) is 0 Å². The number of carbonyl (C=O) groups excluding carboxylic acids is 1. The Balaban J connectivity index is 0.000000297. The molecular formula is C27H36N2O5. The number of nitrogens with zero attached hydrogens (tertiary/aromatic N) is 2. The molecule has 4 fully saturated rings. The lowest BCUT2D eigenvalue weighted by atomic mass is 9.82. The summed E-state index contributed by atoms with van der Waals surface area (Å²) in [6.07, 6.45) is 12.6. The highest BCUT2D eigenvalue weighted by atomic mass is 16.4. The van der Waals surface area contributed by atoms with Crippen LogP contribution in [0, 0.1) is 11.8 Å². The molecule has 2 saturated heterocycles. The van der Waals surface area contributed by atoms with Crippen LogP contribution < -0.4 is 4.90 Å². The number of hydrogen-bond donors (Lipinski definition) is 2. The van der Waals surface area contributed by atoms with Crippen LogP contribution in [0.1, 0.15) is 57.8 Å². The first-order chi connectivity index (χ1) is 16.4. The molecule has 2 heterocycles. The van der Waals surface area contributed by atoms with Crippen molar-refractivity contribution in [1.29, 1.82) is 0 Å². The zero-order valence-electron chi connectivity index (χ0n) is 19.8. The molecule has 1 aromatic rings. The van der Waals surface area contributed by atoms with Crippen LogP contribution in [0.2, 0.25) is 0 Å². The summed E-state index contributed by atoms with van der Waals surface area (Å²) >= 11 is 0. The highest BCUT2D eigenvalue weighted by Crippen LogP contribution is 2.46. The number of aliphatic carboxylic acids is 2. The van der Waals surface area contributed by atoms with Crippen molar-refractivity contribution >= 4 is 23.4 Å². The molecule has 184 valence electrons. The number of piperidine rings is 1. The molecule has 0 bridgehead atoms. The second-order valence-corrected chi connectivity index (χ2v) is 10.2. The first-order valence-electron chi connectivity index (χ1n) is 12.6. The van der Waals surface area contributed by atoms with Crippen molar-refractivity contribution in [3.8, 4) is 0 Å². The fourth-order valence-electron chi connectivity index (χ4n) is 6.74. The minimum atomic E-state index is -1.26. The van der Waals surface area contributed by atoms with Crippen molar-refractivity contribution in [1.82, 2.24) is 4.90 Å². The second kappa shape index (κ2) is 10.7. The molecule has 7 heteroatoms. The van der Waals surface area contributed by atoms with Gasteiger partial charge < -0.3 is 20.0 Å². The van der Waals surface area contributed by atoms with E-state index in [9.17, 15) is 14.4 Å². The third kappa shape index (κ3) is 5.35. The van der Waals surface area contributed by atoms with E-state index in [0.717, 1.165) is 56.8 Å². The standard InChI is InChI=1S/C23H32N2O.C4H4O4/c26-22-10-13-25(20-8-2-1-3-9-20)23(22)11-14-24(15-12-23)21-16-18-6-4-5-7-19(18)17-21;5-3(6)1-2-4(7)8/h1-3,8-9,18-19,21H,4-7,10-17H2;1-2H,(H,5,6)(H,7,8). The lowest BCUT2D eigenvalue weighted by molar-refractivity contribution is -0.134. The molecule has 4 aliphatic rings. The van der Waals surface area contributed by atoms with Crippen molar-refractivity contribution in [2.45, 2.75) is 69.4 Å². The largest absolute Gasteiger partial charge is 0.478 e. The van der Waals surface area contributed by atoms with Gasteiger partial charge in [0.25, 0.3) is 0 Å². The maximum atomic E-state index is 12.9. The van der Waals surface area contributed by atoms with Gasteiger partial charge in [-0.25, -0.2) is 9.59 Å². The molecule has 5 rings (SSSR count). The van der Waals surface area contributed by atoms with Crippen LogP contribution in [0.25, 0.3) is 0 Å². The molecule has 2 N–H and O–H groups in total. The van der Waals surface area contributed by atoms with Crippen molar-refractivity contribution in [2.75, 3.05) is 24.5 Å². The average molecular weight is 469 g/mol. The number of carboxylic acids is 2. The van der Waals surface area contributed by atoms with Crippen LogP contribution in [0.15, 0.2) is 42.5 Å². The summed E-state index contributed by atoms with van der Waals surface area (Å²) in [5.41, 5.74) is 1.02. The molecule has 2 aliphatic heterocycles. The van der Waals surface area contributed by atoms with Crippen molar-refractivity contribution in [2.24, 2.45) is 11.8 Å². The number of anilines is 1. The fourth-order valence-corrected chi connectivity index (χ4v) is 6.74. The number of ketones is 1. The Bertz CT molecular complexity index is 877. The molecule has 7 nitrogen and oxygen atoms in total. The Morgan fingerprint density at radius 2 is 1.44 bits per heavy atom. The van der Waals surface area contributed by atoms with Gasteiger partial charge in [-0.1, -0.05) is 43.9 Å². The zero-order chi connectivity index (χ0) is 24.1. The van der Waals surface area contributed by atoms with E-state index in [0.29, 0.717) is 17.9 Å². The van der Waals surface area contributed by atoms with Crippen LogP contribution in [0.4, 0.5) is 5.69 Å². The maximum Gasteiger partial charge on any atom is 0.328 e.